The number of nitrogens with one attached hydrogen (secondary N) is 3. The van der Waals surface area contributed by atoms with E-state index in [2.05, 4.69) is 16.0 Å². The number of halogens is 3. The Labute approximate surface area is 419 Å². The minimum absolute atomic E-state index is 0.00114. The van der Waals surface area contributed by atoms with Gasteiger partial charge in [0.1, 0.15) is 16.7 Å². The number of nitrogens with zero attached hydrogens (tertiary/aromatic N) is 3. The number of hydrogen-bond acceptors (Lipinski definition) is 17. The molecule has 2 aliphatic rings. The Morgan fingerprint density at radius 2 is 1.26 bits per heavy atom. The highest BCUT2D eigenvalue weighted by Crippen LogP contribution is 2.37. The van der Waals surface area contributed by atoms with E-state index in [-0.39, 0.29) is 116 Å². The van der Waals surface area contributed by atoms with Crippen LogP contribution in [0.2, 0.25) is 0 Å². The number of carbonyl (C=O) groups excluding carboxylic acids is 4. The number of Topliss-reactive ketones (excluding diaryl/α,β-unsaturated/α-hetero) is 1. The summed E-state index contributed by atoms with van der Waals surface area (Å²) in [6, 6.07) is -1.60. The molecule has 1 saturated heterocycles. The number of sulfone groups is 1. The second kappa shape index (κ2) is 31.9. The second-order valence-electron chi connectivity index (χ2n) is 17.6. The number of rotatable bonds is 31. The number of amides is 2. The summed E-state index contributed by atoms with van der Waals surface area (Å²) < 4.78 is 112. The van der Waals surface area contributed by atoms with Gasteiger partial charge in [0, 0.05) is 84.1 Å². The Morgan fingerprint density at radius 3 is 1.88 bits per heavy atom. The van der Waals surface area contributed by atoms with Crippen LogP contribution in [0.3, 0.4) is 0 Å². The molecule has 1 heterocycles. The number of aliphatic carboxylic acids is 2. The first-order valence-corrected chi connectivity index (χ1v) is 27.6. The molecule has 7 N–H and O–H groups in total. The van der Waals surface area contributed by atoms with Crippen molar-refractivity contribution < 1.29 is 83.2 Å². The average molecular weight is 1070 g/mol. The molecule has 1 aromatic rings. The van der Waals surface area contributed by atoms with Gasteiger partial charge in [-0.2, -0.15) is 0 Å². The van der Waals surface area contributed by atoms with Crippen molar-refractivity contribution in [1.82, 2.24) is 25.3 Å². The molecular formula is C45H72F3N7O15S2. The topological polar surface area (TPSA) is 311 Å². The maximum Gasteiger partial charge on any atom is 0.320 e. The van der Waals surface area contributed by atoms with E-state index in [0.717, 1.165) is 19.3 Å². The van der Waals surface area contributed by atoms with Crippen LogP contribution >= 0.6 is 0 Å². The Kier molecular flexibility index (Phi) is 27.4. The minimum atomic E-state index is -5.16. The monoisotopic (exact) mass is 1070 g/mol. The lowest BCUT2D eigenvalue weighted by Crippen LogP contribution is -2.47. The van der Waals surface area contributed by atoms with E-state index in [1.165, 1.54) is 0 Å². The molecule has 3 rings (SSSR count). The molecule has 27 heteroatoms. The van der Waals surface area contributed by atoms with Crippen molar-refractivity contribution in [3.05, 3.63) is 17.5 Å². The van der Waals surface area contributed by atoms with Gasteiger partial charge in [-0.05, 0) is 39.0 Å². The SMILES string of the molecule is CCOC(=O)CN1CCN(CC(=O)O)CCN(C(CCC(=O)NCCCCC(=O)CCOCCOCCNC(=O)CCS(=O)(=O)c2c(F)c(F)c(S(N)(=O)=O)c(F)c2NC2CCCCCCC2)C(=O)O)CC1. The highest BCUT2D eigenvalue weighted by atomic mass is 32.2. The predicted molar refractivity (Wildman–Crippen MR) is 255 cm³/mol. The first kappa shape index (κ1) is 61.8. The third-order valence-corrected chi connectivity index (χ3v) is 14.8. The van der Waals surface area contributed by atoms with Gasteiger partial charge in [0.05, 0.1) is 57.6 Å². The van der Waals surface area contributed by atoms with Crippen molar-refractivity contribution in [1.29, 1.82) is 0 Å². The van der Waals surface area contributed by atoms with Crippen LogP contribution in [0.1, 0.15) is 96.8 Å². The van der Waals surface area contributed by atoms with Gasteiger partial charge < -0.3 is 40.4 Å². The largest absolute Gasteiger partial charge is 0.480 e. The number of ether oxygens (including phenoxy) is 3. The summed E-state index contributed by atoms with van der Waals surface area (Å²) in [4.78, 5) is 75.3. The van der Waals surface area contributed by atoms with Crippen LogP contribution in [-0.2, 0) is 62.8 Å². The van der Waals surface area contributed by atoms with E-state index in [9.17, 15) is 60.2 Å². The molecule has 1 atom stereocenters. The summed E-state index contributed by atoms with van der Waals surface area (Å²) in [6.07, 6.45) is 5.42. The van der Waals surface area contributed by atoms with Gasteiger partial charge in [0.2, 0.25) is 21.8 Å². The molecule has 0 radical (unpaired) electrons. The molecule has 410 valence electrons. The van der Waals surface area contributed by atoms with E-state index < -0.39 is 101 Å². The van der Waals surface area contributed by atoms with Crippen LogP contribution in [-0.4, -0.2) is 194 Å². The fourth-order valence-corrected chi connectivity index (χ4v) is 10.4. The first-order valence-electron chi connectivity index (χ1n) is 24.4. The molecule has 2 fully saturated rings. The molecular weight excluding hydrogens is 1000 g/mol. The van der Waals surface area contributed by atoms with E-state index >= 15 is 8.78 Å². The highest BCUT2D eigenvalue weighted by Gasteiger charge is 2.37. The standard InChI is InChI=1S/C45H72F3N7O15S2/c1-2-70-38(61)31-54-20-19-53(30-37(59)60)21-23-55(24-22-54)34(45(62)63)13-14-35(57)50-17-9-8-12-33(56)15-25-68-27-28-69-26-18-51-36(58)16-29-71(64,65)44-40(47)39(46)43(72(49,66)67)41(48)42(44)52-32-10-6-4-3-5-7-11-32/h32,34,52H,2-31H2,1H3,(H,50,57)(H,51,58)(H,59,60)(H,62,63)(H2,49,66,67). The Hall–Kier alpha value is -4.51. The number of ketones is 1. The normalized spacial score (nSPS) is 16.6. The molecule has 22 nitrogen and oxygen atoms in total. The summed E-state index contributed by atoms with van der Waals surface area (Å²) in [5, 5.41) is 32.2. The number of carbonyl (C=O) groups is 6. The summed E-state index contributed by atoms with van der Waals surface area (Å²) >= 11 is 0. The Balaban J connectivity index is 1.31. The van der Waals surface area contributed by atoms with Crippen molar-refractivity contribution in [2.45, 2.75) is 119 Å². The molecule has 1 aromatic carbocycles. The lowest BCUT2D eigenvalue weighted by atomic mass is 9.96. The van der Waals surface area contributed by atoms with Crippen molar-refractivity contribution in [2.75, 3.05) is 110 Å². The van der Waals surface area contributed by atoms with Gasteiger partial charge in [0.15, 0.2) is 32.2 Å². The summed E-state index contributed by atoms with van der Waals surface area (Å²) in [5.41, 5.74) is -1.05. The zero-order valence-corrected chi connectivity index (χ0v) is 42.6. The quantitative estimate of drug-likeness (QED) is 0.0350. The molecule has 1 aliphatic heterocycles. The fraction of sp³-hybridized carbons (Fsp3) is 0.733. The molecule has 0 bridgehead atoms. The van der Waals surface area contributed by atoms with Crippen LogP contribution in [0.25, 0.3) is 0 Å². The predicted octanol–water partition coefficient (Wildman–Crippen LogP) is 1.64. The smallest absolute Gasteiger partial charge is 0.320 e. The second-order valence-corrected chi connectivity index (χ2v) is 21.2. The number of hydrogen-bond donors (Lipinski definition) is 6. The van der Waals surface area contributed by atoms with Crippen molar-refractivity contribution in [3.63, 3.8) is 0 Å². The van der Waals surface area contributed by atoms with Crippen molar-refractivity contribution >= 4 is 61.1 Å². The van der Waals surface area contributed by atoms with Gasteiger partial charge in [-0.3, -0.25) is 43.5 Å². The first-order chi connectivity index (χ1) is 34.1. The number of esters is 1. The molecule has 1 saturated carbocycles. The van der Waals surface area contributed by atoms with E-state index in [1.54, 1.807) is 21.6 Å². The zero-order valence-electron chi connectivity index (χ0n) is 40.9. The number of anilines is 1. The Morgan fingerprint density at radius 1 is 0.694 bits per heavy atom. The zero-order chi connectivity index (χ0) is 53.3. The third-order valence-electron chi connectivity index (χ3n) is 12.1. The van der Waals surface area contributed by atoms with Gasteiger partial charge in [0.25, 0.3) is 0 Å². The van der Waals surface area contributed by atoms with E-state index in [4.69, 9.17) is 19.3 Å². The number of unbranched alkanes of at least 4 members (excludes halogenated alkanes) is 1. The summed E-state index contributed by atoms with van der Waals surface area (Å²) in [7, 11) is -10.1. The lowest BCUT2D eigenvalue weighted by Gasteiger charge is -2.30. The maximum absolute atomic E-state index is 15.6. The van der Waals surface area contributed by atoms with Crippen molar-refractivity contribution in [3.8, 4) is 0 Å². The van der Waals surface area contributed by atoms with E-state index in [0.29, 0.717) is 58.2 Å². The van der Waals surface area contributed by atoms with Crippen molar-refractivity contribution in [2.24, 2.45) is 5.14 Å². The molecule has 1 unspecified atom stereocenters. The maximum atomic E-state index is 15.6. The van der Waals surface area contributed by atoms with Crippen LogP contribution < -0.4 is 21.1 Å². The summed E-state index contributed by atoms with van der Waals surface area (Å²) in [5.74, 6) is -11.2. The van der Waals surface area contributed by atoms with Gasteiger partial charge in [-0.1, -0.05) is 32.1 Å². The molecule has 72 heavy (non-hydrogen) atoms. The van der Waals surface area contributed by atoms with Crippen LogP contribution in [0.15, 0.2) is 9.79 Å². The number of primary sulfonamides is 1. The number of benzene rings is 1. The number of sulfonamides is 1. The van der Waals surface area contributed by atoms with E-state index in [1.807, 2.05) is 0 Å². The van der Waals surface area contributed by atoms with Gasteiger partial charge in [-0.15, -0.1) is 0 Å². The molecule has 0 aromatic heterocycles. The number of nitrogens with two attached hydrogens (primary N) is 1. The van der Waals surface area contributed by atoms with Crippen LogP contribution in [0, 0.1) is 17.5 Å². The van der Waals surface area contributed by atoms with Crippen LogP contribution in [0.5, 0.6) is 0 Å². The molecule has 2 amide bonds. The summed E-state index contributed by atoms with van der Waals surface area (Å²) in [6.45, 7) is 3.98. The number of carboxylic acid groups (broad SMARTS) is 2. The number of carboxylic acids is 2. The van der Waals surface area contributed by atoms with Crippen LogP contribution in [0.4, 0.5) is 18.9 Å². The minimum Gasteiger partial charge on any atom is -0.480 e. The Bertz CT molecular complexity index is 2190. The fourth-order valence-electron chi connectivity index (χ4n) is 8.27. The molecule has 1 aliphatic carbocycles. The third kappa shape index (κ3) is 22.3. The average Bonchev–Trinajstić information content (AvgIpc) is 3.37. The highest BCUT2D eigenvalue weighted by molar-refractivity contribution is 7.91. The van der Waals surface area contributed by atoms with Gasteiger partial charge in [-0.25, -0.2) is 35.1 Å². The van der Waals surface area contributed by atoms with Gasteiger partial charge >= 0.3 is 17.9 Å². The lowest BCUT2D eigenvalue weighted by molar-refractivity contribution is -0.146. The molecule has 0 spiro atoms.